The van der Waals surface area contributed by atoms with E-state index in [1.54, 1.807) is 6.26 Å². The Kier molecular flexibility index (Phi) is 6.40. The van der Waals surface area contributed by atoms with Crippen molar-refractivity contribution in [3.05, 3.63) is 0 Å². The highest BCUT2D eigenvalue weighted by Crippen LogP contribution is 1.97. The molecule has 1 aliphatic rings. The van der Waals surface area contributed by atoms with Crippen LogP contribution in [0.1, 0.15) is 0 Å². The maximum absolute atomic E-state index is 10.8. The second-order valence-corrected chi connectivity index (χ2v) is 5.73. The average molecular weight is 233 g/mol. The summed E-state index contributed by atoms with van der Waals surface area (Å²) < 4.78 is 10.8. The third kappa shape index (κ3) is 6.25. The minimum absolute atomic E-state index is 0.661. The van der Waals surface area contributed by atoms with Crippen LogP contribution < -0.4 is 5.32 Å². The van der Waals surface area contributed by atoms with Crippen molar-refractivity contribution in [2.45, 2.75) is 0 Å². The molecule has 0 aromatic rings. The van der Waals surface area contributed by atoms with Crippen molar-refractivity contribution in [1.82, 2.24) is 15.1 Å². The molecular formula is C10H23N3OS. The standard InChI is InChI=1S/C10H23N3OS/c1-12-6-8-13(9-7-12)5-3-11-4-10-15(2)14/h11H,3-10H2,1-2H3. The minimum atomic E-state index is -0.661. The molecule has 1 unspecified atom stereocenters. The van der Waals surface area contributed by atoms with E-state index in [0.29, 0.717) is 0 Å². The third-order valence-corrected chi connectivity index (χ3v) is 3.55. The Hall–Kier alpha value is 0.0300. The predicted molar refractivity (Wildman–Crippen MR) is 65.7 cm³/mol. The summed E-state index contributed by atoms with van der Waals surface area (Å²) in [5, 5.41) is 3.33. The molecule has 15 heavy (non-hydrogen) atoms. The molecule has 1 aliphatic heterocycles. The molecule has 4 nitrogen and oxygen atoms in total. The fourth-order valence-electron chi connectivity index (χ4n) is 1.65. The van der Waals surface area contributed by atoms with E-state index in [1.165, 1.54) is 26.2 Å². The van der Waals surface area contributed by atoms with E-state index < -0.39 is 10.8 Å². The summed E-state index contributed by atoms with van der Waals surface area (Å²) in [6.07, 6.45) is 1.75. The predicted octanol–water partition coefficient (Wildman–Crippen LogP) is -0.798. The summed E-state index contributed by atoms with van der Waals surface area (Å²) in [6, 6.07) is 0. The molecule has 0 amide bonds. The fourth-order valence-corrected chi connectivity index (χ4v) is 2.08. The van der Waals surface area contributed by atoms with Crippen LogP contribution in [0.25, 0.3) is 0 Å². The normalized spacial score (nSPS) is 21.7. The van der Waals surface area contributed by atoms with Crippen LogP contribution >= 0.6 is 0 Å². The maximum atomic E-state index is 10.8. The van der Waals surface area contributed by atoms with Gasteiger partial charge in [0.2, 0.25) is 0 Å². The molecule has 0 bridgehead atoms. The Balaban J connectivity index is 1.94. The first-order valence-electron chi connectivity index (χ1n) is 5.60. The smallest absolute Gasteiger partial charge is 0.0357 e. The number of nitrogens with one attached hydrogen (secondary N) is 1. The van der Waals surface area contributed by atoms with Gasteiger partial charge < -0.3 is 10.2 Å². The lowest BCUT2D eigenvalue weighted by molar-refractivity contribution is 0.155. The van der Waals surface area contributed by atoms with Crippen molar-refractivity contribution in [1.29, 1.82) is 0 Å². The van der Waals surface area contributed by atoms with E-state index in [-0.39, 0.29) is 0 Å². The van der Waals surface area contributed by atoms with E-state index in [4.69, 9.17) is 0 Å². The quantitative estimate of drug-likeness (QED) is 0.610. The fraction of sp³-hybridized carbons (Fsp3) is 1.00. The van der Waals surface area contributed by atoms with Crippen LogP contribution in [0, 0.1) is 0 Å². The molecule has 1 heterocycles. The Labute approximate surface area is 95.5 Å². The molecule has 0 aromatic heterocycles. The second-order valence-electron chi connectivity index (χ2n) is 4.17. The molecule has 0 aromatic carbocycles. The van der Waals surface area contributed by atoms with Crippen LogP contribution in [-0.4, -0.2) is 78.9 Å². The number of likely N-dealkylation sites (N-methyl/N-ethyl adjacent to an activating group) is 1. The molecule has 5 heteroatoms. The molecule has 1 saturated heterocycles. The Morgan fingerprint density at radius 1 is 1.20 bits per heavy atom. The van der Waals surface area contributed by atoms with Gasteiger partial charge in [-0.2, -0.15) is 0 Å². The van der Waals surface area contributed by atoms with Gasteiger partial charge in [-0.25, -0.2) is 0 Å². The first kappa shape index (κ1) is 13.1. The van der Waals surface area contributed by atoms with Crippen molar-refractivity contribution < 1.29 is 4.21 Å². The summed E-state index contributed by atoms with van der Waals surface area (Å²) in [6.45, 7) is 7.72. The zero-order valence-corrected chi connectivity index (χ0v) is 10.7. The maximum Gasteiger partial charge on any atom is 0.0357 e. The van der Waals surface area contributed by atoms with E-state index >= 15 is 0 Å². The van der Waals surface area contributed by atoms with E-state index in [1.807, 2.05) is 0 Å². The van der Waals surface area contributed by atoms with Gasteiger partial charge in [-0.15, -0.1) is 0 Å². The highest BCUT2D eigenvalue weighted by Gasteiger charge is 2.12. The summed E-state index contributed by atoms with van der Waals surface area (Å²) in [7, 11) is 1.51. The monoisotopic (exact) mass is 233 g/mol. The topological polar surface area (TPSA) is 35.6 Å². The SMILES string of the molecule is CN1CCN(CCNCCS(C)=O)CC1. The molecule has 1 N–H and O–H groups in total. The van der Waals surface area contributed by atoms with Crippen LogP contribution in [0.15, 0.2) is 0 Å². The third-order valence-electron chi connectivity index (χ3n) is 2.77. The van der Waals surface area contributed by atoms with Crippen LogP contribution in [0.5, 0.6) is 0 Å². The van der Waals surface area contributed by atoms with Gasteiger partial charge in [0.05, 0.1) is 0 Å². The molecule has 1 atom stereocenters. The van der Waals surface area contributed by atoms with Gasteiger partial charge in [0.15, 0.2) is 0 Å². The van der Waals surface area contributed by atoms with Crippen molar-refractivity contribution in [3.8, 4) is 0 Å². The molecule has 1 fully saturated rings. The summed E-state index contributed by atoms with van der Waals surface area (Å²) in [5.41, 5.74) is 0. The highest BCUT2D eigenvalue weighted by molar-refractivity contribution is 7.84. The van der Waals surface area contributed by atoms with Crippen molar-refractivity contribution in [3.63, 3.8) is 0 Å². The first-order chi connectivity index (χ1) is 7.18. The van der Waals surface area contributed by atoms with Crippen LogP contribution in [-0.2, 0) is 10.8 Å². The zero-order chi connectivity index (χ0) is 11.1. The van der Waals surface area contributed by atoms with Crippen molar-refractivity contribution in [2.75, 3.05) is 64.9 Å². The van der Waals surface area contributed by atoms with E-state index in [0.717, 1.165) is 25.4 Å². The van der Waals surface area contributed by atoms with Gasteiger partial charge in [-0.05, 0) is 7.05 Å². The molecule has 0 aliphatic carbocycles. The number of hydrogen-bond acceptors (Lipinski definition) is 4. The zero-order valence-electron chi connectivity index (χ0n) is 9.87. The lowest BCUT2D eigenvalue weighted by Gasteiger charge is -2.32. The van der Waals surface area contributed by atoms with Crippen molar-refractivity contribution >= 4 is 10.8 Å². The van der Waals surface area contributed by atoms with Gasteiger partial charge in [-0.3, -0.25) is 9.11 Å². The van der Waals surface area contributed by atoms with Gasteiger partial charge in [-0.1, -0.05) is 0 Å². The number of piperazine rings is 1. The molecule has 0 saturated carbocycles. The number of rotatable bonds is 6. The Morgan fingerprint density at radius 2 is 1.87 bits per heavy atom. The first-order valence-corrected chi connectivity index (χ1v) is 7.33. The summed E-state index contributed by atoms with van der Waals surface area (Å²) in [4.78, 5) is 4.85. The Morgan fingerprint density at radius 3 is 2.47 bits per heavy atom. The summed E-state index contributed by atoms with van der Waals surface area (Å²) in [5.74, 6) is 0.767. The number of hydrogen-bond donors (Lipinski definition) is 1. The lowest BCUT2D eigenvalue weighted by Crippen LogP contribution is -2.46. The van der Waals surface area contributed by atoms with Crippen molar-refractivity contribution in [2.24, 2.45) is 0 Å². The minimum Gasteiger partial charge on any atom is -0.315 e. The van der Waals surface area contributed by atoms with E-state index in [2.05, 4.69) is 22.2 Å². The molecular weight excluding hydrogens is 210 g/mol. The Bertz CT molecular complexity index is 193. The van der Waals surface area contributed by atoms with E-state index in [9.17, 15) is 4.21 Å². The average Bonchev–Trinajstić information content (AvgIpc) is 2.20. The van der Waals surface area contributed by atoms with Crippen LogP contribution in [0.4, 0.5) is 0 Å². The van der Waals surface area contributed by atoms with Gasteiger partial charge in [0, 0.05) is 68.6 Å². The second kappa shape index (κ2) is 7.33. The van der Waals surface area contributed by atoms with Crippen LogP contribution in [0.3, 0.4) is 0 Å². The highest BCUT2D eigenvalue weighted by atomic mass is 32.2. The largest absolute Gasteiger partial charge is 0.315 e. The molecule has 1 rings (SSSR count). The number of nitrogens with zero attached hydrogens (tertiary/aromatic N) is 2. The van der Waals surface area contributed by atoms with Gasteiger partial charge >= 0.3 is 0 Å². The van der Waals surface area contributed by atoms with Crippen LogP contribution in [0.2, 0.25) is 0 Å². The molecule has 90 valence electrons. The molecule has 0 radical (unpaired) electrons. The summed E-state index contributed by atoms with van der Waals surface area (Å²) >= 11 is 0. The van der Waals surface area contributed by atoms with Gasteiger partial charge in [0.25, 0.3) is 0 Å². The molecule has 0 spiro atoms. The van der Waals surface area contributed by atoms with Gasteiger partial charge in [0.1, 0.15) is 0 Å². The lowest BCUT2D eigenvalue weighted by atomic mass is 10.3.